The number of aryl methyl sites for hydroxylation is 1. The number of hydrogen-bond acceptors (Lipinski definition) is 7. The third-order valence-electron chi connectivity index (χ3n) is 2.30. The van der Waals surface area contributed by atoms with Crippen LogP contribution in [0.1, 0.15) is 19.4 Å². The Bertz CT molecular complexity index is 572. The molecule has 0 saturated heterocycles. The van der Waals surface area contributed by atoms with E-state index in [0.29, 0.717) is 0 Å². The lowest BCUT2D eigenvalue weighted by atomic mass is 10.2. The molecular weight excluding hydrogens is 319 g/mol. The van der Waals surface area contributed by atoms with Gasteiger partial charge in [0.15, 0.2) is 5.94 Å². The highest BCUT2D eigenvalue weighted by Gasteiger charge is 2.28. The van der Waals surface area contributed by atoms with E-state index in [1.54, 1.807) is 26.0 Å². The number of hydrogen-bond donors (Lipinski definition) is 0. The van der Waals surface area contributed by atoms with E-state index in [1.807, 2.05) is 6.92 Å². The van der Waals surface area contributed by atoms with Crippen LogP contribution in [0.2, 0.25) is 0 Å². The van der Waals surface area contributed by atoms with Gasteiger partial charge in [-0.1, -0.05) is 17.7 Å². The zero-order chi connectivity index (χ0) is 15.9. The van der Waals surface area contributed by atoms with E-state index in [1.165, 1.54) is 12.1 Å². The van der Waals surface area contributed by atoms with Crippen LogP contribution in [0, 0.1) is 6.92 Å². The minimum atomic E-state index is -3.89. The summed E-state index contributed by atoms with van der Waals surface area (Å²) in [7, 11) is -7.60. The highest BCUT2D eigenvalue weighted by molar-refractivity contribution is 7.91. The lowest BCUT2D eigenvalue weighted by Crippen LogP contribution is -2.11. The molecule has 0 unspecified atom stereocenters. The van der Waals surface area contributed by atoms with Crippen LogP contribution in [0.5, 0.6) is 0 Å². The molecule has 0 atom stereocenters. The minimum absolute atomic E-state index is 0.0748. The van der Waals surface area contributed by atoms with Gasteiger partial charge < -0.3 is 0 Å². The molecule has 0 aliphatic rings. The van der Waals surface area contributed by atoms with Crippen molar-refractivity contribution in [3.8, 4) is 0 Å². The van der Waals surface area contributed by atoms with Crippen LogP contribution in [0.3, 0.4) is 0 Å². The van der Waals surface area contributed by atoms with Gasteiger partial charge in [-0.3, -0.25) is 9.05 Å². The molecule has 0 bridgehead atoms. The second-order valence-electron chi connectivity index (χ2n) is 4.02. The summed E-state index contributed by atoms with van der Waals surface area (Å²) in [6, 6.07) is 6.25. The normalized spacial score (nSPS) is 12.5. The average molecular weight is 338 g/mol. The Morgan fingerprint density at radius 3 is 2.05 bits per heavy atom. The highest BCUT2D eigenvalue weighted by atomic mass is 32.2. The summed E-state index contributed by atoms with van der Waals surface area (Å²) < 4.78 is 49.9. The number of sulfone groups is 1. The first-order valence-electron chi connectivity index (χ1n) is 6.32. The predicted octanol–water partition coefficient (Wildman–Crippen LogP) is 2.86. The minimum Gasteiger partial charge on any atom is -0.286 e. The van der Waals surface area contributed by atoms with Crippen molar-refractivity contribution >= 4 is 17.7 Å². The van der Waals surface area contributed by atoms with Gasteiger partial charge in [-0.25, -0.2) is 17.9 Å². The molecule has 7 nitrogen and oxygen atoms in total. The van der Waals surface area contributed by atoms with Crippen LogP contribution in [0.25, 0.3) is 0 Å². The van der Waals surface area contributed by atoms with Crippen molar-refractivity contribution in [2.75, 3.05) is 19.2 Å². The number of benzene rings is 1. The Labute approximate surface area is 124 Å². The average Bonchev–Trinajstić information content (AvgIpc) is 2.39. The zero-order valence-corrected chi connectivity index (χ0v) is 13.9. The molecule has 120 valence electrons. The summed E-state index contributed by atoms with van der Waals surface area (Å²) in [6.45, 7) is 5.18. The van der Waals surface area contributed by atoms with Gasteiger partial charge >= 0.3 is 7.82 Å². The molecular formula is C12H19O7PS. The molecule has 0 aliphatic heterocycles. The molecule has 0 radical (unpaired) electrons. The van der Waals surface area contributed by atoms with Crippen LogP contribution >= 0.6 is 7.82 Å². The molecule has 9 heteroatoms. The standard InChI is InChI=1S/C12H19O7PS/c1-4-17-20(13,18-5-2)19-16-10-21(14,15)12-8-6-11(3)7-9-12/h6-9H,4-5,10H2,1-3H3. The first-order valence-corrected chi connectivity index (χ1v) is 9.44. The molecule has 0 fully saturated rings. The van der Waals surface area contributed by atoms with E-state index in [2.05, 4.69) is 9.56 Å². The molecule has 0 heterocycles. The molecule has 0 aliphatic carbocycles. The Kier molecular flexibility index (Phi) is 6.99. The van der Waals surface area contributed by atoms with Gasteiger partial charge in [0.1, 0.15) is 0 Å². The Morgan fingerprint density at radius 2 is 1.57 bits per heavy atom. The van der Waals surface area contributed by atoms with E-state index in [4.69, 9.17) is 9.05 Å². The monoisotopic (exact) mass is 338 g/mol. The maximum absolute atomic E-state index is 12.0. The van der Waals surface area contributed by atoms with E-state index < -0.39 is 23.6 Å². The van der Waals surface area contributed by atoms with Crippen LogP contribution in [-0.4, -0.2) is 27.6 Å². The van der Waals surface area contributed by atoms with Crippen molar-refractivity contribution in [1.82, 2.24) is 0 Å². The van der Waals surface area contributed by atoms with E-state index in [-0.39, 0.29) is 18.1 Å². The third-order valence-corrected chi connectivity index (χ3v) is 5.14. The van der Waals surface area contributed by atoms with Crippen molar-refractivity contribution < 1.29 is 31.6 Å². The van der Waals surface area contributed by atoms with Gasteiger partial charge in [-0.15, -0.1) is 4.67 Å². The summed E-state index contributed by atoms with van der Waals surface area (Å²) in [5.41, 5.74) is 0.934. The van der Waals surface area contributed by atoms with Crippen molar-refractivity contribution in [1.29, 1.82) is 0 Å². The van der Waals surface area contributed by atoms with Gasteiger partial charge in [-0.05, 0) is 32.9 Å². The van der Waals surface area contributed by atoms with Crippen LogP contribution in [-0.2, 0) is 33.0 Å². The van der Waals surface area contributed by atoms with E-state index in [0.717, 1.165) is 5.56 Å². The number of phosphoric acid groups is 1. The van der Waals surface area contributed by atoms with E-state index >= 15 is 0 Å². The SMILES string of the molecule is CCOP(=O)(OCC)OOCS(=O)(=O)c1ccc(C)cc1. The third kappa shape index (κ3) is 5.86. The van der Waals surface area contributed by atoms with Gasteiger partial charge in [0, 0.05) is 0 Å². The van der Waals surface area contributed by atoms with Crippen molar-refractivity contribution in [3.05, 3.63) is 29.8 Å². The van der Waals surface area contributed by atoms with Crippen LogP contribution in [0.15, 0.2) is 29.2 Å². The smallest absolute Gasteiger partial charge is 0.286 e. The maximum Gasteiger partial charge on any atom is 0.502 e. The molecule has 0 N–H and O–H groups in total. The van der Waals surface area contributed by atoms with Crippen molar-refractivity contribution in [2.24, 2.45) is 0 Å². The Hall–Kier alpha value is -0.760. The fourth-order valence-corrected chi connectivity index (χ4v) is 3.27. The quantitative estimate of drug-likeness (QED) is 0.388. The summed E-state index contributed by atoms with van der Waals surface area (Å²) >= 11 is 0. The summed E-state index contributed by atoms with van der Waals surface area (Å²) in [6.07, 6.45) is 0. The summed E-state index contributed by atoms with van der Waals surface area (Å²) in [5, 5.41) is 0. The first kappa shape index (κ1) is 18.3. The van der Waals surface area contributed by atoms with E-state index in [9.17, 15) is 13.0 Å². The number of rotatable bonds is 9. The lowest BCUT2D eigenvalue weighted by molar-refractivity contribution is -0.209. The van der Waals surface area contributed by atoms with Gasteiger partial charge in [-0.2, -0.15) is 0 Å². The molecule has 1 rings (SSSR count). The topological polar surface area (TPSA) is 88.1 Å². The Morgan fingerprint density at radius 1 is 1.05 bits per heavy atom. The van der Waals surface area contributed by atoms with Gasteiger partial charge in [0.25, 0.3) is 0 Å². The fourth-order valence-electron chi connectivity index (χ4n) is 1.36. The molecule has 1 aromatic rings. The lowest BCUT2D eigenvalue weighted by Gasteiger charge is -2.14. The molecule has 0 aromatic heterocycles. The summed E-state index contributed by atoms with van der Waals surface area (Å²) in [4.78, 5) is 4.64. The summed E-state index contributed by atoms with van der Waals surface area (Å²) in [5.74, 6) is -0.791. The Balaban J connectivity index is 2.65. The largest absolute Gasteiger partial charge is 0.502 e. The van der Waals surface area contributed by atoms with Crippen LogP contribution < -0.4 is 0 Å². The predicted molar refractivity (Wildman–Crippen MR) is 76.3 cm³/mol. The van der Waals surface area contributed by atoms with Gasteiger partial charge in [0.2, 0.25) is 9.84 Å². The second kappa shape index (κ2) is 8.03. The fraction of sp³-hybridized carbons (Fsp3) is 0.500. The zero-order valence-electron chi connectivity index (χ0n) is 12.1. The van der Waals surface area contributed by atoms with Crippen molar-refractivity contribution in [2.45, 2.75) is 25.7 Å². The molecule has 0 spiro atoms. The molecule has 0 saturated carbocycles. The highest BCUT2D eigenvalue weighted by Crippen LogP contribution is 2.49. The molecule has 1 aromatic carbocycles. The molecule has 21 heavy (non-hydrogen) atoms. The maximum atomic E-state index is 12.0. The molecule has 0 amide bonds. The van der Waals surface area contributed by atoms with Crippen LogP contribution in [0.4, 0.5) is 0 Å². The van der Waals surface area contributed by atoms with Gasteiger partial charge in [0.05, 0.1) is 18.1 Å². The first-order chi connectivity index (χ1) is 9.83. The van der Waals surface area contributed by atoms with Crippen molar-refractivity contribution in [3.63, 3.8) is 0 Å². The second-order valence-corrected chi connectivity index (χ2v) is 7.52. The number of phosphoric ester groups is 1.